The Hall–Kier alpha value is -3.36. The van der Waals surface area contributed by atoms with Crippen molar-refractivity contribution in [1.29, 1.82) is 0 Å². The zero-order valence-electron chi connectivity index (χ0n) is 23.1. The summed E-state index contributed by atoms with van der Waals surface area (Å²) in [6, 6.07) is 23.8. The third-order valence-electron chi connectivity index (χ3n) is 6.93. The van der Waals surface area contributed by atoms with E-state index >= 15 is 0 Å². The van der Waals surface area contributed by atoms with E-state index < -0.39 is 0 Å². The first-order chi connectivity index (χ1) is 19.1. The molecule has 0 aromatic heterocycles. The Morgan fingerprint density at radius 3 is 1.62 bits per heavy atom. The van der Waals surface area contributed by atoms with Gasteiger partial charge in [-0.25, -0.2) is 0 Å². The van der Waals surface area contributed by atoms with Crippen molar-refractivity contribution in [2.45, 2.75) is 38.1 Å². The molecule has 39 heavy (non-hydrogen) atoms. The number of benzene rings is 3. The summed E-state index contributed by atoms with van der Waals surface area (Å²) in [5.74, 6) is 2.48. The van der Waals surface area contributed by atoms with Crippen molar-refractivity contribution in [3.8, 4) is 17.2 Å². The molecule has 1 aliphatic heterocycles. The third-order valence-corrected chi connectivity index (χ3v) is 6.93. The number of ether oxygens (including phenoxy) is 6. The first-order valence-corrected chi connectivity index (χ1v) is 13.2. The van der Waals surface area contributed by atoms with E-state index in [0.29, 0.717) is 26.4 Å². The van der Waals surface area contributed by atoms with E-state index in [2.05, 4.69) is 11.5 Å². The molecule has 0 bridgehead atoms. The number of hydrogen-bond donors (Lipinski definition) is 0. The zero-order valence-corrected chi connectivity index (χ0v) is 23.1. The predicted molar refractivity (Wildman–Crippen MR) is 151 cm³/mol. The summed E-state index contributed by atoms with van der Waals surface area (Å²) >= 11 is 0. The largest absolute Gasteiger partial charge is 0.497 e. The molecule has 1 saturated heterocycles. The van der Waals surface area contributed by atoms with E-state index in [4.69, 9.17) is 28.4 Å². The zero-order chi connectivity index (χ0) is 27.5. The molecule has 0 saturated carbocycles. The van der Waals surface area contributed by atoms with E-state index in [-0.39, 0.29) is 18.2 Å². The maximum absolute atomic E-state index is 6.56. The standard InChI is InChI=1S/C32H39NO6/c1-5-18-33-19-31(38-21-25-8-14-28(35-3)15-9-25)32(39-22-26-10-16-29(36-4)17-11-26)30(33)23-37-20-24-6-12-27(34-2)13-7-24/h5-17,30-32H,1,18-23H2,2-4H3/t30-,31-,32-/m0/s1. The summed E-state index contributed by atoms with van der Waals surface area (Å²) in [7, 11) is 5.00. The normalized spacial score (nSPS) is 19.1. The van der Waals surface area contributed by atoms with Crippen LogP contribution in [0.5, 0.6) is 17.2 Å². The summed E-state index contributed by atoms with van der Waals surface area (Å²) < 4.78 is 35.1. The summed E-state index contributed by atoms with van der Waals surface area (Å²) in [5.41, 5.74) is 3.25. The van der Waals surface area contributed by atoms with Gasteiger partial charge in [0.05, 0.1) is 59.9 Å². The van der Waals surface area contributed by atoms with Crippen molar-refractivity contribution >= 4 is 0 Å². The minimum Gasteiger partial charge on any atom is -0.497 e. The van der Waals surface area contributed by atoms with Crippen LogP contribution in [0.3, 0.4) is 0 Å². The quantitative estimate of drug-likeness (QED) is 0.247. The van der Waals surface area contributed by atoms with Gasteiger partial charge >= 0.3 is 0 Å². The van der Waals surface area contributed by atoms with E-state index in [0.717, 1.165) is 47.0 Å². The van der Waals surface area contributed by atoms with Crippen molar-refractivity contribution < 1.29 is 28.4 Å². The van der Waals surface area contributed by atoms with E-state index in [1.165, 1.54) is 0 Å². The molecule has 3 atom stereocenters. The second kappa shape index (κ2) is 14.7. The fraction of sp³-hybridized carbons (Fsp3) is 0.375. The molecule has 3 aromatic rings. The average Bonchev–Trinajstić information content (AvgIpc) is 3.31. The van der Waals surface area contributed by atoms with Crippen LogP contribution in [0.2, 0.25) is 0 Å². The van der Waals surface area contributed by atoms with Crippen LogP contribution in [0.25, 0.3) is 0 Å². The number of likely N-dealkylation sites (tertiary alicyclic amines) is 1. The van der Waals surface area contributed by atoms with E-state index in [1.807, 2.05) is 78.9 Å². The highest BCUT2D eigenvalue weighted by Gasteiger charge is 2.43. The van der Waals surface area contributed by atoms with Crippen LogP contribution in [0.4, 0.5) is 0 Å². The van der Waals surface area contributed by atoms with Crippen LogP contribution in [-0.2, 0) is 34.0 Å². The molecule has 0 amide bonds. The van der Waals surface area contributed by atoms with Gasteiger partial charge in [-0.1, -0.05) is 42.5 Å². The molecule has 7 nitrogen and oxygen atoms in total. The molecule has 0 radical (unpaired) electrons. The van der Waals surface area contributed by atoms with Crippen LogP contribution in [-0.4, -0.2) is 64.2 Å². The van der Waals surface area contributed by atoms with Gasteiger partial charge in [-0.2, -0.15) is 0 Å². The SMILES string of the molecule is C=CCN1C[C@H](OCc2ccc(OC)cc2)[C@@H](OCc2ccc(OC)cc2)[C@@H]1COCc1ccc(OC)cc1. The van der Waals surface area contributed by atoms with Crippen molar-refractivity contribution in [2.75, 3.05) is 41.0 Å². The van der Waals surface area contributed by atoms with Gasteiger partial charge < -0.3 is 28.4 Å². The number of nitrogens with zero attached hydrogens (tertiary/aromatic N) is 1. The van der Waals surface area contributed by atoms with Crippen LogP contribution in [0, 0.1) is 0 Å². The minimum atomic E-state index is -0.179. The van der Waals surface area contributed by atoms with Gasteiger partial charge in [0.2, 0.25) is 0 Å². The lowest BCUT2D eigenvalue weighted by Crippen LogP contribution is -2.41. The molecule has 208 valence electrons. The Morgan fingerprint density at radius 2 is 1.15 bits per heavy atom. The van der Waals surface area contributed by atoms with Crippen molar-refractivity contribution in [3.63, 3.8) is 0 Å². The lowest BCUT2D eigenvalue weighted by molar-refractivity contribution is -0.0814. The molecular formula is C32H39NO6. The highest BCUT2D eigenvalue weighted by molar-refractivity contribution is 5.28. The molecule has 0 N–H and O–H groups in total. The maximum Gasteiger partial charge on any atom is 0.118 e. The molecule has 1 heterocycles. The van der Waals surface area contributed by atoms with E-state index in [1.54, 1.807) is 21.3 Å². The minimum absolute atomic E-state index is 0.0142. The fourth-order valence-corrected chi connectivity index (χ4v) is 4.73. The van der Waals surface area contributed by atoms with Gasteiger partial charge in [0.15, 0.2) is 0 Å². The Bertz CT molecular complexity index is 1130. The smallest absolute Gasteiger partial charge is 0.118 e. The number of methoxy groups -OCH3 is 3. The highest BCUT2D eigenvalue weighted by atomic mass is 16.5. The molecule has 0 unspecified atom stereocenters. The maximum atomic E-state index is 6.56. The third kappa shape index (κ3) is 8.07. The highest BCUT2D eigenvalue weighted by Crippen LogP contribution is 2.27. The van der Waals surface area contributed by atoms with Gasteiger partial charge in [0.25, 0.3) is 0 Å². The lowest BCUT2D eigenvalue weighted by Gasteiger charge is -2.28. The van der Waals surface area contributed by atoms with Gasteiger partial charge in [-0.05, 0) is 53.1 Å². The second-order valence-corrected chi connectivity index (χ2v) is 9.49. The Balaban J connectivity index is 1.45. The summed E-state index contributed by atoms with van der Waals surface area (Å²) in [6.45, 7) is 7.39. The van der Waals surface area contributed by atoms with Gasteiger partial charge in [0, 0.05) is 13.1 Å². The van der Waals surface area contributed by atoms with Crippen molar-refractivity contribution in [1.82, 2.24) is 4.90 Å². The van der Waals surface area contributed by atoms with Crippen LogP contribution >= 0.6 is 0 Å². The molecular weight excluding hydrogens is 494 g/mol. The first kappa shape index (κ1) is 28.6. The molecule has 7 heteroatoms. The van der Waals surface area contributed by atoms with Crippen LogP contribution < -0.4 is 14.2 Å². The Labute approximate surface area is 231 Å². The molecule has 1 fully saturated rings. The molecule has 1 aliphatic rings. The summed E-state index contributed by atoms with van der Waals surface area (Å²) in [5, 5.41) is 0. The molecule has 0 aliphatic carbocycles. The van der Waals surface area contributed by atoms with Crippen LogP contribution in [0.15, 0.2) is 85.5 Å². The molecule has 4 rings (SSSR count). The first-order valence-electron chi connectivity index (χ1n) is 13.2. The molecule has 3 aromatic carbocycles. The fourth-order valence-electron chi connectivity index (χ4n) is 4.73. The van der Waals surface area contributed by atoms with Gasteiger partial charge in [-0.3, -0.25) is 4.90 Å². The van der Waals surface area contributed by atoms with Gasteiger partial charge in [0.1, 0.15) is 23.4 Å². The van der Waals surface area contributed by atoms with Gasteiger partial charge in [-0.15, -0.1) is 6.58 Å². The summed E-state index contributed by atoms with van der Waals surface area (Å²) in [4.78, 5) is 2.33. The Kier molecular flexibility index (Phi) is 10.8. The Morgan fingerprint density at radius 1 is 0.692 bits per heavy atom. The van der Waals surface area contributed by atoms with Crippen molar-refractivity contribution in [2.24, 2.45) is 0 Å². The lowest BCUT2D eigenvalue weighted by atomic mass is 10.1. The van der Waals surface area contributed by atoms with Crippen LogP contribution in [0.1, 0.15) is 16.7 Å². The van der Waals surface area contributed by atoms with Crippen molar-refractivity contribution in [3.05, 3.63) is 102 Å². The average molecular weight is 534 g/mol. The monoisotopic (exact) mass is 533 g/mol. The second-order valence-electron chi connectivity index (χ2n) is 9.49. The topological polar surface area (TPSA) is 58.6 Å². The molecule has 0 spiro atoms. The number of hydrogen-bond acceptors (Lipinski definition) is 7. The summed E-state index contributed by atoms with van der Waals surface area (Å²) in [6.07, 6.45) is 1.61. The van der Waals surface area contributed by atoms with E-state index in [9.17, 15) is 0 Å². The number of rotatable bonds is 15. The predicted octanol–water partition coefficient (Wildman–Crippen LogP) is 5.27.